The van der Waals surface area contributed by atoms with Crippen molar-refractivity contribution in [2.45, 2.75) is 58.6 Å². The zero-order chi connectivity index (χ0) is 13.8. The number of hydrogen-bond acceptors (Lipinski definition) is 5. The maximum absolute atomic E-state index is 10.5. The molecule has 0 amide bonds. The van der Waals surface area contributed by atoms with Crippen LogP contribution in [0.1, 0.15) is 41.0 Å². The van der Waals surface area contributed by atoms with Crippen molar-refractivity contribution in [3.05, 3.63) is 0 Å². The van der Waals surface area contributed by atoms with Crippen LogP contribution in [0.2, 0.25) is 0 Å². The van der Waals surface area contributed by atoms with E-state index in [1.165, 1.54) is 0 Å². The van der Waals surface area contributed by atoms with Crippen molar-refractivity contribution < 1.29 is 23.4 Å². The van der Waals surface area contributed by atoms with Crippen LogP contribution in [0.15, 0.2) is 0 Å². The zero-order valence-electron chi connectivity index (χ0n) is 12.1. The van der Waals surface area contributed by atoms with E-state index in [2.05, 4.69) is 0 Å². The average molecular weight is 282 g/mol. The van der Waals surface area contributed by atoms with Crippen LogP contribution in [0, 0.1) is 0 Å². The van der Waals surface area contributed by atoms with E-state index in [0.29, 0.717) is 26.2 Å². The van der Waals surface area contributed by atoms with Crippen molar-refractivity contribution in [3.63, 3.8) is 0 Å². The fraction of sp³-hybridized carbons (Fsp3) is 1.00. The second kappa shape index (κ2) is 6.60. The first-order chi connectivity index (χ1) is 8.33. The molecule has 18 heavy (non-hydrogen) atoms. The monoisotopic (exact) mass is 282 g/mol. The summed E-state index contributed by atoms with van der Waals surface area (Å²) in [7, 11) is -3.10. The van der Waals surface area contributed by atoms with Gasteiger partial charge >= 0.3 is 110 Å². The molecule has 0 saturated carbocycles. The molecule has 0 aromatic heterocycles. The van der Waals surface area contributed by atoms with Crippen molar-refractivity contribution in [1.82, 2.24) is 0 Å². The Balaban J connectivity index is 2.54. The maximum atomic E-state index is 10.5. The molecule has 1 aliphatic heterocycles. The van der Waals surface area contributed by atoms with Crippen LogP contribution >= 0.6 is 7.94 Å². The molecule has 5 nitrogen and oxygen atoms in total. The Bertz CT molecular complexity index is 253. The predicted octanol–water partition coefficient (Wildman–Crippen LogP) is 2.48. The molecule has 1 heterocycles. The molecule has 1 unspecified atom stereocenters. The van der Waals surface area contributed by atoms with Crippen LogP contribution < -0.4 is 0 Å². The molecule has 2 atom stereocenters. The van der Waals surface area contributed by atoms with Gasteiger partial charge in [0.15, 0.2) is 0 Å². The zero-order valence-corrected chi connectivity index (χ0v) is 13.1. The fourth-order valence-electron chi connectivity index (χ4n) is 2.16. The van der Waals surface area contributed by atoms with Gasteiger partial charge in [0.25, 0.3) is 0 Å². The van der Waals surface area contributed by atoms with Crippen molar-refractivity contribution in [2.24, 2.45) is 0 Å². The molecule has 1 rings (SSSR count). The van der Waals surface area contributed by atoms with E-state index in [1.54, 1.807) is 0 Å². The summed E-state index contributed by atoms with van der Waals surface area (Å²) in [6.45, 7) is 10.9. The molecule has 1 N–H and O–H groups in total. The van der Waals surface area contributed by atoms with Gasteiger partial charge in [-0.3, -0.25) is 0 Å². The molecule has 0 bridgehead atoms. The summed E-state index contributed by atoms with van der Waals surface area (Å²) in [6, 6.07) is 0. The first kappa shape index (κ1) is 16.3. The summed E-state index contributed by atoms with van der Waals surface area (Å²) in [5.41, 5.74) is -0.0556. The van der Waals surface area contributed by atoms with E-state index in [9.17, 15) is 4.89 Å². The summed E-state index contributed by atoms with van der Waals surface area (Å²) < 4.78 is 22.2. The molecule has 0 radical (unpaired) electrons. The molecule has 1 fully saturated rings. The van der Waals surface area contributed by atoms with Gasteiger partial charge in [-0.2, -0.15) is 0 Å². The number of ether oxygens (including phenoxy) is 2. The van der Waals surface area contributed by atoms with E-state index in [1.807, 2.05) is 34.6 Å². The van der Waals surface area contributed by atoms with Gasteiger partial charge < -0.3 is 0 Å². The first-order valence-corrected chi connectivity index (χ1v) is 8.49. The minimum absolute atomic E-state index is 0.00469. The predicted molar refractivity (Wildman–Crippen MR) is 72.8 cm³/mol. The van der Waals surface area contributed by atoms with E-state index in [-0.39, 0.29) is 11.8 Å². The Hall–Kier alpha value is 0.230. The molecule has 1 saturated heterocycles. The Kier molecular flexibility index (Phi) is 5.97. The third kappa shape index (κ3) is 4.41. The van der Waals surface area contributed by atoms with Crippen LogP contribution in [-0.2, 0) is 18.5 Å². The van der Waals surface area contributed by atoms with Crippen molar-refractivity contribution in [3.8, 4) is 0 Å². The Morgan fingerprint density at radius 2 is 1.89 bits per heavy atom. The Labute approximate surface area is 110 Å². The van der Waals surface area contributed by atoms with Crippen LogP contribution in [0.25, 0.3) is 0 Å². The van der Waals surface area contributed by atoms with Crippen LogP contribution in [-0.4, -0.2) is 42.3 Å². The fourth-order valence-corrected chi connectivity index (χ4v) is 4.20. The topological polar surface area (TPSA) is 57.2 Å². The van der Waals surface area contributed by atoms with Crippen molar-refractivity contribution in [1.29, 1.82) is 0 Å². The molecule has 0 aliphatic carbocycles. The Morgan fingerprint density at radius 1 is 1.33 bits per heavy atom. The molecule has 6 heteroatoms. The van der Waals surface area contributed by atoms with Gasteiger partial charge in [0.2, 0.25) is 0 Å². The van der Waals surface area contributed by atoms with Gasteiger partial charge in [-0.15, -0.1) is 0 Å². The molecule has 0 spiro atoms. The summed E-state index contributed by atoms with van der Waals surface area (Å²) in [4.78, 5) is 10.5. The van der Waals surface area contributed by atoms with Crippen molar-refractivity contribution in [2.75, 3.05) is 19.8 Å². The third-order valence-corrected chi connectivity index (χ3v) is 5.89. The standard InChI is InChI=1S/C12H27O5P/c1-6-15-18(13,16-7-2)10(3)8-11-9-14-12(4,5)17-11/h10-11,13,18H,6-9H2,1-5H3/t10?,11-/m0/s1. The van der Waals surface area contributed by atoms with E-state index < -0.39 is 13.7 Å². The third-order valence-electron chi connectivity index (χ3n) is 3.01. The van der Waals surface area contributed by atoms with Crippen LogP contribution in [0.3, 0.4) is 0 Å². The van der Waals surface area contributed by atoms with Gasteiger partial charge in [0.05, 0.1) is 0 Å². The number of hydrogen-bond donors (Lipinski definition) is 1. The summed E-state index contributed by atoms with van der Waals surface area (Å²) in [5, 5.41) is 0. The van der Waals surface area contributed by atoms with E-state index in [4.69, 9.17) is 18.5 Å². The van der Waals surface area contributed by atoms with Crippen LogP contribution in [0.5, 0.6) is 0 Å². The normalized spacial score (nSPS) is 26.2. The van der Waals surface area contributed by atoms with Gasteiger partial charge in [-0.25, -0.2) is 0 Å². The molecule has 0 aromatic rings. The number of rotatable bonds is 7. The minimum atomic E-state index is -3.10. The quantitative estimate of drug-likeness (QED) is 0.727. The molecule has 110 valence electrons. The van der Waals surface area contributed by atoms with E-state index in [0.717, 1.165) is 0 Å². The summed E-state index contributed by atoms with van der Waals surface area (Å²) in [6.07, 6.45) is 0.682. The first-order valence-electron chi connectivity index (χ1n) is 6.65. The molecule has 1 aliphatic rings. The van der Waals surface area contributed by atoms with Gasteiger partial charge in [0.1, 0.15) is 0 Å². The molecular weight excluding hydrogens is 255 g/mol. The van der Waals surface area contributed by atoms with Gasteiger partial charge in [-0.05, 0) is 0 Å². The van der Waals surface area contributed by atoms with Crippen molar-refractivity contribution >= 4 is 7.94 Å². The van der Waals surface area contributed by atoms with Gasteiger partial charge in [-0.1, -0.05) is 0 Å². The second-order valence-corrected chi connectivity index (χ2v) is 7.91. The average Bonchev–Trinajstić information content (AvgIpc) is 2.58. The Morgan fingerprint density at radius 3 is 2.28 bits per heavy atom. The summed E-state index contributed by atoms with van der Waals surface area (Å²) >= 11 is 0. The molecular formula is C12H27O5P. The SMILES string of the molecule is CCO[PH](O)(OCC)C(C)C[C@H]1COC(C)(C)O1. The second-order valence-electron chi connectivity index (χ2n) is 5.08. The summed E-state index contributed by atoms with van der Waals surface area (Å²) in [5.74, 6) is -0.527. The van der Waals surface area contributed by atoms with Gasteiger partial charge in [0, 0.05) is 0 Å². The van der Waals surface area contributed by atoms with Crippen LogP contribution in [0.4, 0.5) is 0 Å². The molecule has 0 aromatic carbocycles. The van der Waals surface area contributed by atoms with E-state index >= 15 is 0 Å².